The van der Waals surface area contributed by atoms with Gasteiger partial charge in [0.05, 0.1) is 7.11 Å². The van der Waals surface area contributed by atoms with Crippen LogP contribution in [-0.4, -0.2) is 7.11 Å². The van der Waals surface area contributed by atoms with E-state index in [1.54, 1.807) is 0 Å². The number of hydrogen-bond donors (Lipinski definition) is 2. The van der Waals surface area contributed by atoms with E-state index in [1.807, 2.05) is 37.3 Å². The molecule has 0 aromatic heterocycles. The van der Waals surface area contributed by atoms with Crippen LogP contribution in [-0.2, 0) is 0 Å². The van der Waals surface area contributed by atoms with E-state index in [2.05, 4.69) is 0 Å². The van der Waals surface area contributed by atoms with Crippen LogP contribution in [0.15, 0.2) is 36.4 Å². The van der Waals surface area contributed by atoms with Crippen LogP contribution in [0.2, 0.25) is 0 Å². The quantitative estimate of drug-likeness (QED) is 0.833. The molecule has 0 amide bonds. The van der Waals surface area contributed by atoms with Crippen LogP contribution in [0.25, 0.3) is 11.1 Å². The predicted octanol–water partition coefficient (Wildman–Crippen LogP) is 3.10. The van der Waals surface area contributed by atoms with Crippen molar-refractivity contribution >= 4 is 5.69 Å². The van der Waals surface area contributed by atoms with Gasteiger partial charge in [0, 0.05) is 11.6 Å². The average Bonchev–Trinajstić information content (AvgIpc) is 2.41. The first-order chi connectivity index (χ1) is 9.06. The number of nitrogens with two attached hydrogens (primary N) is 2. The van der Waals surface area contributed by atoms with Gasteiger partial charge >= 0.3 is 0 Å². The second-order valence-electron chi connectivity index (χ2n) is 4.42. The molecule has 4 N–H and O–H groups in total. The molecule has 1 atom stereocenters. The Morgan fingerprint density at radius 2 is 1.84 bits per heavy atom. The zero-order chi connectivity index (χ0) is 14.0. The molecule has 0 aliphatic carbocycles. The second-order valence-corrected chi connectivity index (χ2v) is 4.42. The zero-order valence-electron chi connectivity index (χ0n) is 11.0. The van der Waals surface area contributed by atoms with E-state index in [0.29, 0.717) is 16.9 Å². The summed E-state index contributed by atoms with van der Waals surface area (Å²) in [7, 11) is 1.46. The lowest BCUT2D eigenvalue weighted by Crippen LogP contribution is -2.11. The lowest BCUT2D eigenvalue weighted by Gasteiger charge is -2.19. The van der Waals surface area contributed by atoms with Gasteiger partial charge in [-0.3, -0.25) is 0 Å². The van der Waals surface area contributed by atoms with Crippen molar-refractivity contribution in [3.63, 3.8) is 0 Å². The maximum Gasteiger partial charge on any atom is 0.150 e. The first-order valence-electron chi connectivity index (χ1n) is 6.03. The molecule has 0 radical (unpaired) electrons. The summed E-state index contributed by atoms with van der Waals surface area (Å²) in [5.74, 6) is -0.186. The third-order valence-corrected chi connectivity index (χ3v) is 3.05. The molecule has 2 rings (SSSR count). The topological polar surface area (TPSA) is 61.3 Å². The van der Waals surface area contributed by atoms with E-state index in [4.69, 9.17) is 16.2 Å². The Morgan fingerprint density at radius 3 is 2.37 bits per heavy atom. The minimum absolute atomic E-state index is 0.00511. The monoisotopic (exact) mass is 260 g/mol. The summed E-state index contributed by atoms with van der Waals surface area (Å²) in [5, 5.41) is 0. The molecule has 0 unspecified atom stereocenters. The van der Waals surface area contributed by atoms with Crippen molar-refractivity contribution in [3.8, 4) is 16.9 Å². The van der Waals surface area contributed by atoms with Gasteiger partial charge in [0.25, 0.3) is 0 Å². The van der Waals surface area contributed by atoms with E-state index >= 15 is 0 Å². The van der Waals surface area contributed by atoms with Gasteiger partial charge in [-0.1, -0.05) is 30.3 Å². The van der Waals surface area contributed by atoms with Crippen molar-refractivity contribution in [2.45, 2.75) is 13.0 Å². The Hall–Kier alpha value is -2.07. The Balaban J connectivity index is 2.77. The molecule has 2 aromatic carbocycles. The molecule has 0 heterocycles. The number of ether oxygens (including phenoxy) is 1. The highest BCUT2D eigenvalue weighted by molar-refractivity contribution is 5.76. The van der Waals surface area contributed by atoms with Crippen LogP contribution < -0.4 is 16.2 Å². The first-order valence-corrected chi connectivity index (χ1v) is 6.03. The fourth-order valence-electron chi connectivity index (χ4n) is 2.19. The number of benzene rings is 2. The zero-order valence-corrected chi connectivity index (χ0v) is 11.0. The van der Waals surface area contributed by atoms with Crippen molar-refractivity contribution in [2.75, 3.05) is 12.8 Å². The van der Waals surface area contributed by atoms with E-state index in [1.165, 1.54) is 13.2 Å². The second kappa shape index (κ2) is 5.28. The Labute approximate surface area is 112 Å². The number of hydrogen-bond acceptors (Lipinski definition) is 3. The molecule has 4 heteroatoms. The van der Waals surface area contributed by atoms with Crippen LogP contribution >= 0.6 is 0 Å². The minimum Gasteiger partial charge on any atom is -0.494 e. The van der Waals surface area contributed by atoms with Gasteiger partial charge in [-0.2, -0.15) is 0 Å². The smallest absolute Gasteiger partial charge is 0.150 e. The van der Waals surface area contributed by atoms with Gasteiger partial charge in [0.1, 0.15) is 11.4 Å². The number of anilines is 1. The standard InChI is InChI=1S/C15H17FN2O/c1-9(17)13-11(10-6-4-3-5-7-10)8-12(16)14(18)15(13)19-2/h3-9H,17-18H2,1-2H3/t9-/m1/s1. The van der Waals surface area contributed by atoms with Crippen molar-refractivity contribution in [3.05, 3.63) is 47.8 Å². The summed E-state index contributed by atoms with van der Waals surface area (Å²) in [6.45, 7) is 1.82. The van der Waals surface area contributed by atoms with Gasteiger partial charge in [-0.25, -0.2) is 4.39 Å². The normalized spacial score (nSPS) is 12.2. The Morgan fingerprint density at radius 1 is 1.21 bits per heavy atom. The molecule has 3 nitrogen and oxygen atoms in total. The van der Waals surface area contributed by atoms with Gasteiger partial charge in [-0.05, 0) is 24.1 Å². The van der Waals surface area contributed by atoms with Crippen LogP contribution in [0.4, 0.5) is 10.1 Å². The molecule has 0 fully saturated rings. The SMILES string of the molecule is COc1c(N)c(F)cc(-c2ccccc2)c1[C@@H](C)N. The van der Waals surface area contributed by atoms with Crippen molar-refractivity contribution in [1.29, 1.82) is 0 Å². The fraction of sp³-hybridized carbons (Fsp3) is 0.200. The summed E-state index contributed by atoms with van der Waals surface area (Å²) in [6.07, 6.45) is 0. The minimum atomic E-state index is -0.500. The van der Waals surface area contributed by atoms with Gasteiger partial charge in [0.15, 0.2) is 5.82 Å². The highest BCUT2D eigenvalue weighted by Crippen LogP contribution is 2.40. The van der Waals surface area contributed by atoms with E-state index in [-0.39, 0.29) is 11.7 Å². The maximum atomic E-state index is 13.9. The highest BCUT2D eigenvalue weighted by Gasteiger charge is 2.20. The summed E-state index contributed by atoms with van der Waals surface area (Å²) < 4.78 is 19.1. The molecular formula is C15H17FN2O. The van der Waals surface area contributed by atoms with Crippen molar-refractivity contribution in [1.82, 2.24) is 0 Å². The summed E-state index contributed by atoms with van der Waals surface area (Å²) in [4.78, 5) is 0. The number of halogens is 1. The van der Waals surface area contributed by atoms with Crippen LogP contribution in [0.1, 0.15) is 18.5 Å². The molecule has 0 aliphatic rings. The lowest BCUT2D eigenvalue weighted by atomic mass is 9.94. The van der Waals surface area contributed by atoms with Gasteiger partial charge < -0.3 is 16.2 Å². The molecular weight excluding hydrogens is 243 g/mol. The third-order valence-electron chi connectivity index (χ3n) is 3.05. The van der Waals surface area contributed by atoms with Crippen LogP contribution in [0.3, 0.4) is 0 Å². The van der Waals surface area contributed by atoms with E-state index in [9.17, 15) is 4.39 Å². The first kappa shape index (κ1) is 13.4. The van der Waals surface area contributed by atoms with Gasteiger partial charge in [0.2, 0.25) is 0 Å². The van der Waals surface area contributed by atoms with Gasteiger partial charge in [-0.15, -0.1) is 0 Å². The molecule has 2 aromatic rings. The van der Waals surface area contributed by atoms with Crippen molar-refractivity contribution in [2.24, 2.45) is 5.73 Å². The largest absolute Gasteiger partial charge is 0.494 e. The average molecular weight is 260 g/mol. The van der Waals surface area contributed by atoms with Crippen LogP contribution in [0.5, 0.6) is 5.75 Å². The third kappa shape index (κ3) is 2.39. The van der Waals surface area contributed by atoms with E-state index in [0.717, 1.165) is 5.56 Å². The molecule has 19 heavy (non-hydrogen) atoms. The Kier molecular flexibility index (Phi) is 3.71. The van der Waals surface area contributed by atoms with E-state index < -0.39 is 5.82 Å². The highest BCUT2D eigenvalue weighted by atomic mass is 19.1. The van der Waals surface area contributed by atoms with Crippen molar-refractivity contribution < 1.29 is 9.13 Å². The fourth-order valence-corrected chi connectivity index (χ4v) is 2.19. The molecule has 0 bridgehead atoms. The molecule has 0 spiro atoms. The maximum absolute atomic E-state index is 13.9. The summed E-state index contributed by atoms with van der Waals surface area (Å²) >= 11 is 0. The molecule has 100 valence electrons. The summed E-state index contributed by atoms with van der Waals surface area (Å²) in [6, 6.07) is 10.6. The predicted molar refractivity (Wildman–Crippen MR) is 75.4 cm³/mol. The lowest BCUT2D eigenvalue weighted by molar-refractivity contribution is 0.406. The molecule has 0 aliphatic heterocycles. The number of nitrogen functional groups attached to an aromatic ring is 1. The number of rotatable bonds is 3. The summed E-state index contributed by atoms with van der Waals surface area (Å²) in [5.41, 5.74) is 14.0. The Bertz CT molecular complexity index is 582. The molecule has 0 saturated heterocycles. The molecule has 0 saturated carbocycles. The van der Waals surface area contributed by atoms with Crippen LogP contribution in [0, 0.1) is 5.82 Å². The number of methoxy groups -OCH3 is 1.